The van der Waals surface area contributed by atoms with Gasteiger partial charge in [-0.2, -0.15) is 0 Å². The molecule has 0 unspecified atom stereocenters. The van der Waals surface area contributed by atoms with Crippen molar-refractivity contribution in [2.75, 3.05) is 13.1 Å². The molecule has 0 radical (unpaired) electrons. The molecule has 0 bridgehead atoms. The van der Waals surface area contributed by atoms with Gasteiger partial charge in [-0.1, -0.05) is 18.9 Å². The monoisotopic (exact) mass is 319 g/mol. The molecule has 0 aromatic carbocycles. The van der Waals surface area contributed by atoms with Crippen molar-refractivity contribution >= 4 is 30.7 Å². The van der Waals surface area contributed by atoms with Gasteiger partial charge in [-0.3, -0.25) is 9.78 Å². The number of hydrogen-bond acceptors (Lipinski definition) is 3. The first-order valence-corrected chi connectivity index (χ1v) is 6.64. The lowest BCUT2D eigenvalue weighted by Gasteiger charge is -2.25. The third-order valence-electron chi connectivity index (χ3n) is 3.86. The molecule has 0 saturated heterocycles. The Kier molecular flexibility index (Phi) is 8.78. The van der Waals surface area contributed by atoms with Crippen LogP contribution in [0.3, 0.4) is 0 Å². The molecule has 1 amide bonds. The Morgan fingerprint density at radius 2 is 2.05 bits per heavy atom. The summed E-state index contributed by atoms with van der Waals surface area (Å²) in [5.41, 5.74) is 6.63. The quantitative estimate of drug-likeness (QED) is 0.873. The van der Waals surface area contributed by atoms with Crippen LogP contribution in [-0.4, -0.2) is 24.0 Å². The van der Waals surface area contributed by atoms with Crippen LogP contribution in [0.4, 0.5) is 0 Å². The van der Waals surface area contributed by atoms with E-state index in [0.29, 0.717) is 13.1 Å². The van der Waals surface area contributed by atoms with Gasteiger partial charge in [0.25, 0.3) is 0 Å². The molecule has 3 N–H and O–H groups in total. The number of pyridine rings is 1. The van der Waals surface area contributed by atoms with Crippen molar-refractivity contribution in [3.63, 3.8) is 0 Å². The second kappa shape index (κ2) is 9.16. The highest BCUT2D eigenvalue weighted by atomic mass is 35.5. The molecule has 1 aromatic heterocycles. The highest BCUT2D eigenvalue weighted by Crippen LogP contribution is 2.37. The van der Waals surface area contributed by atoms with Crippen molar-refractivity contribution in [1.29, 1.82) is 0 Å². The van der Waals surface area contributed by atoms with Gasteiger partial charge in [0.05, 0.1) is 5.41 Å². The van der Waals surface area contributed by atoms with Gasteiger partial charge in [-0.05, 0) is 30.9 Å². The predicted octanol–water partition coefficient (Wildman–Crippen LogP) is 2.10. The van der Waals surface area contributed by atoms with E-state index in [9.17, 15) is 4.79 Å². The van der Waals surface area contributed by atoms with E-state index in [1.807, 2.05) is 18.3 Å². The average molecular weight is 320 g/mol. The molecule has 4 nitrogen and oxygen atoms in total. The number of nitrogens with two attached hydrogens (primary N) is 1. The molecule has 20 heavy (non-hydrogen) atoms. The smallest absolute Gasteiger partial charge is 0.227 e. The van der Waals surface area contributed by atoms with E-state index < -0.39 is 0 Å². The number of carbonyl (C=O) groups excluding carboxylic acids is 1. The Labute approximate surface area is 132 Å². The Bertz CT molecular complexity index is 395. The Balaban J connectivity index is 0.00000180. The Morgan fingerprint density at radius 1 is 1.35 bits per heavy atom. The van der Waals surface area contributed by atoms with E-state index in [4.69, 9.17) is 5.73 Å². The first kappa shape index (κ1) is 19.2. The van der Waals surface area contributed by atoms with Crippen LogP contribution in [-0.2, 0) is 11.2 Å². The fourth-order valence-electron chi connectivity index (χ4n) is 2.63. The molecular weight excluding hydrogens is 297 g/mol. The lowest BCUT2D eigenvalue weighted by molar-refractivity contribution is -0.130. The summed E-state index contributed by atoms with van der Waals surface area (Å²) in [6.07, 6.45) is 8.51. The minimum absolute atomic E-state index is 0. The average Bonchev–Trinajstić information content (AvgIpc) is 2.90. The summed E-state index contributed by atoms with van der Waals surface area (Å²) in [5, 5.41) is 3.02. The van der Waals surface area contributed by atoms with Gasteiger partial charge >= 0.3 is 0 Å². The molecule has 2 rings (SSSR count). The zero-order chi connectivity index (χ0) is 12.8. The third kappa shape index (κ3) is 4.62. The number of carbonyl (C=O) groups is 1. The normalized spacial score (nSPS) is 15.8. The van der Waals surface area contributed by atoms with Crippen LogP contribution in [0.2, 0.25) is 0 Å². The molecule has 1 aliphatic carbocycles. The van der Waals surface area contributed by atoms with Crippen LogP contribution < -0.4 is 11.1 Å². The molecule has 1 aromatic rings. The largest absolute Gasteiger partial charge is 0.355 e. The van der Waals surface area contributed by atoms with Crippen LogP contribution in [0.1, 0.15) is 31.2 Å². The number of aromatic nitrogens is 1. The maximum atomic E-state index is 12.2. The Hall–Kier alpha value is -0.840. The van der Waals surface area contributed by atoms with Crippen molar-refractivity contribution < 1.29 is 4.79 Å². The topological polar surface area (TPSA) is 68.0 Å². The van der Waals surface area contributed by atoms with E-state index in [1.165, 1.54) is 0 Å². The molecule has 0 aliphatic heterocycles. The van der Waals surface area contributed by atoms with Gasteiger partial charge in [0.1, 0.15) is 0 Å². The molecule has 1 aliphatic rings. The van der Waals surface area contributed by atoms with E-state index in [0.717, 1.165) is 37.7 Å². The first-order chi connectivity index (χ1) is 8.77. The van der Waals surface area contributed by atoms with Crippen molar-refractivity contribution in [2.45, 2.75) is 32.1 Å². The van der Waals surface area contributed by atoms with Crippen LogP contribution in [0.25, 0.3) is 0 Å². The number of halogens is 2. The zero-order valence-electron chi connectivity index (χ0n) is 11.5. The second-order valence-electron chi connectivity index (χ2n) is 5.06. The van der Waals surface area contributed by atoms with E-state index >= 15 is 0 Å². The molecule has 1 saturated carbocycles. The minimum atomic E-state index is -0.297. The van der Waals surface area contributed by atoms with Gasteiger partial charge in [-0.25, -0.2) is 0 Å². The number of amides is 1. The summed E-state index contributed by atoms with van der Waals surface area (Å²) in [6, 6.07) is 3.93. The highest BCUT2D eigenvalue weighted by molar-refractivity contribution is 5.85. The summed E-state index contributed by atoms with van der Waals surface area (Å²) in [4.78, 5) is 16.2. The van der Waals surface area contributed by atoms with Crippen LogP contribution in [0.5, 0.6) is 0 Å². The second-order valence-corrected chi connectivity index (χ2v) is 5.06. The fourth-order valence-corrected chi connectivity index (χ4v) is 2.63. The van der Waals surface area contributed by atoms with E-state index in [2.05, 4.69) is 10.3 Å². The summed E-state index contributed by atoms with van der Waals surface area (Å²) in [7, 11) is 0. The van der Waals surface area contributed by atoms with E-state index in [1.54, 1.807) is 6.20 Å². The lowest BCUT2D eigenvalue weighted by atomic mass is 9.85. The van der Waals surface area contributed by atoms with E-state index in [-0.39, 0.29) is 36.1 Å². The van der Waals surface area contributed by atoms with Crippen molar-refractivity contribution in [1.82, 2.24) is 10.3 Å². The van der Waals surface area contributed by atoms with Gasteiger partial charge < -0.3 is 11.1 Å². The SMILES string of the molecule is Cl.Cl.NCC1(C(=O)NCCc2cccnc2)CCCC1. The molecule has 1 fully saturated rings. The fraction of sp³-hybridized carbons (Fsp3) is 0.571. The number of hydrogen-bond donors (Lipinski definition) is 2. The molecule has 1 heterocycles. The van der Waals surface area contributed by atoms with Crippen molar-refractivity contribution in [2.24, 2.45) is 11.1 Å². The molecule has 0 spiro atoms. The summed E-state index contributed by atoms with van der Waals surface area (Å²) in [5.74, 6) is 0.131. The Morgan fingerprint density at radius 3 is 2.60 bits per heavy atom. The van der Waals surface area contributed by atoms with Crippen molar-refractivity contribution in [3.05, 3.63) is 30.1 Å². The van der Waals surface area contributed by atoms with Crippen LogP contribution in [0.15, 0.2) is 24.5 Å². The maximum Gasteiger partial charge on any atom is 0.227 e. The van der Waals surface area contributed by atoms with Crippen LogP contribution >= 0.6 is 24.8 Å². The molecule has 6 heteroatoms. The van der Waals surface area contributed by atoms with Gasteiger partial charge in [0, 0.05) is 25.5 Å². The van der Waals surface area contributed by atoms with Gasteiger partial charge in [0.2, 0.25) is 5.91 Å². The van der Waals surface area contributed by atoms with Gasteiger partial charge in [-0.15, -0.1) is 24.8 Å². The summed E-state index contributed by atoms with van der Waals surface area (Å²) >= 11 is 0. The minimum Gasteiger partial charge on any atom is -0.355 e. The third-order valence-corrected chi connectivity index (χ3v) is 3.86. The van der Waals surface area contributed by atoms with Crippen molar-refractivity contribution in [3.8, 4) is 0 Å². The first-order valence-electron chi connectivity index (χ1n) is 6.64. The summed E-state index contributed by atoms with van der Waals surface area (Å²) in [6.45, 7) is 1.12. The molecule has 114 valence electrons. The zero-order valence-corrected chi connectivity index (χ0v) is 13.1. The molecular formula is C14H23Cl2N3O. The lowest BCUT2D eigenvalue weighted by Crippen LogP contribution is -2.44. The van der Waals surface area contributed by atoms with Gasteiger partial charge in [0.15, 0.2) is 0 Å². The summed E-state index contributed by atoms with van der Waals surface area (Å²) < 4.78 is 0. The number of rotatable bonds is 5. The number of nitrogens with zero attached hydrogens (tertiary/aromatic N) is 1. The highest BCUT2D eigenvalue weighted by Gasteiger charge is 2.39. The predicted molar refractivity (Wildman–Crippen MR) is 85.4 cm³/mol. The number of nitrogens with one attached hydrogen (secondary N) is 1. The van der Waals surface area contributed by atoms with Crippen LogP contribution in [0, 0.1) is 5.41 Å². The maximum absolute atomic E-state index is 12.2. The molecule has 0 atom stereocenters. The standard InChI is InChI=1S/C14H21N3O.2ClH/c15-11-14(6-1-2-7-14)13(18)17-9-5-12-4-3-8-16-10-12;;/h3-4,8,10H,1-2,5-7,9,11,15H2,(H,17,18);2*1H.